The van der Waals surface area contributed by atoms with E-state index >= 15 is 0 Å². The fourth-order valence-electron chi connectivity index (χ4n) is 1.10. The highest BCUT2D eigenvalue weighted by atomic mass is 16.5. The van der Waals surface area contributed by atoms with Crippen molar-refractivity contribution in [1.82, 2.24) is 4.98 Å². The van der Waals surface area contributed by atoms with Crippen molar-refractivity contribution in [1.29, 1.82) is 0 Å². The van der Waals surface area contributed by atoms with Crippen LogP contribution in [0.25, 0.3) is 0 Å². The molecule has 0 fully saturated rings. The Morgan fingerprint density at radius 3 is 3.00 bits per heavy atom. The first-order valence-electron chi connectivity index (χ1n) is 4.88. The Morgan fingerprint density at radius 1 is 1.38 bits per heavy atom. The number of rotatable bonds is 6. The second-order valence-electron chi connectivity index (χ2n) is 3.01. The molecule has 0 amide bonds. The van der Waals surface area contributed by atoms with Crippen LogP contribution in [0.5, 0.6) is 5.88 Å². The molecule has 1 rings (SSSR count). The quantitative estimate of drug-likeness (QED) is 0.625. The Hall–Kier alpha value is -1.05. The summed E-state index contributed by atoms with van der Waals surface area (Å²) in [7, 11) is 0. The fraction of sp³-hybridized carbons (Fsp3) is 0.545. The molecule has 0 spiro atoms. The first-order valence-corrected chi connectivity index (χ1v) is 4.88. The average molecular weight is 178 g/mol. The third-order valence-electron chi connectivity index (χ3n) is 1.84. The lowest BCUT2D eigenvalue weighted by molar-refractivity contribution is 0.294. The smallest absolute Gasteiger partial charge is 0.213 e. The van der Waals surface area contributed by atoms with E-state index < -0.39 is 0 Å². The van der Waals surface area contributed by atoms with E-state index in [1.165, 1.54) is 19.3 Å². The molecule has 1 radical (unpaired) electrons. The highest BCUT2D eigenvalue weighted by Gasteiger charge is 1.92. The SMILES string of the molecule is CCCCCCOc1cc[c]cn1. The summed E-state index contributed by atoms with van der Waals surface area (Å²) in [6.45, 7) is 2.98. The highest BCUT2D eigenvalue weighted by Crippen LogP contribution is 2.05. The summed E-state index contributed by atoms with van der Waals surface area (Å²) in [5, 5.41) is 0. The van der Waals surface area contributed by atoms with E-state index in [2.05, 4.69) is 18.0 Å². The van der Waals surface area contributed by atoms with E-state index in [0.29, 0.717) is 5.88 Å². The molecule has 1 heterocycles. The Labute approximate surface area is 80.0 Å². The zero-order valence-corrected chi connectivity index (χ0v) is 8.12. The fourth-order valence-corrected chi connectivity index (χ4v) is 1.10. The van der Waals surface area contributed by atoms with E-state index in [1.807, 2.05) is 12.1 Å². The molecule has 0 bridgehead atoms. The van der Waals surface area contributed by atoms with Crippen LogP contribution in [-0.2, 0) is 0 Å². The number of hydrogen-bond acceptors (Lipinski definition) is 2. The van der Waals surface area contributed by atoms with Gasteiger partial charge in [0.25, 0.3) is 0 Å². The molecule has 0 N–H and O–H groups in total. The number of unbranched alkanes of at least 4 members (excludes halogenated alkanes) is 3. The summed E-state index contributed by atoms with van der Waals surface area (Å²) in [4.78, 5) is 4.02. The van der Waals surface area contributed by atoms with E-state index in [1.54, 1.807) is 6.20 Å². The van der Waals surface area contributed by atoms with Crippen LogP contribution >= 0.6 is 0 Å². The molecule has 0 aliphatic carbocycles. The first kappa shape index (κ1) is 10.0. The molecule has 0 aromatic carbocycles. The zero-order valence-electron chi connectivity index (χ0n) is 8.12. The van der Waals surface area contributed by atoms with Gasteiger partial charge in [-0.15, -0.1) is 0 Å². The number of nitrogens with zero attached hydrogens (tertiary/aromatic N) is 1. The van der Waals surface area contributed by atoms with Crippen molar-refractivity contribution in [2.24, 2.45) is 0 Å². The maximum atomic E-state index is 5.42. The minimum absolute atomic E-state index is 0.704. The molecule has 0 aliphatic rings. The van der Waals surface area contributed by atoms with Gasteiger partial charge in [-0.3, -0.25) is 0 Å². The third kappa shape index (κ3) is 4.51. The van der Waals surface area contributed by atoms with Crippen LogP contribution < -0.4 is 4.74 Å². The molecule has 0 aliphatic heterocycles. The van der Waals surface area contributed by atoms with Gasteiger partial charge < -0.3 is 4.74 Å². The third-order valence-corrected chi connectivity index (χ3v) is 1.84. The summed E-state index contributed by atoms with van der Waals surface area (Å²) >= 11 is 0. The second kappa shape index (κ2) is 6.46. The molecule has 13 heavy (non-hydrogen) atoms. The summed E-state index contributed by atoms with van der Waals surface area (Å²) in [6, 6.07) is 6.50. The van der Waals surface area contributed by atoms with Crippen LogP contribution in [0.3, 0.4) is 0 Å². The van der Waals surface area contributed by atoms with Crippen LogP contribution in [0.4, 0.5) is 0 Å². The minimum atomic E-state index is 0.704. The first-order chi connectivity index (χ1) is 6.43. The molecule has 0 atom stereocenters. The van der Waals surface area contributed by atoms with Gasteiger partial charge in [-0.2, -0.15) is 0 Å². The Bertz CT molecular complexity index is 211. The molecule has 0 unspecified atom stereocenters. The van der Waals surface area contributed by atoms with Gasteiger partial charge in [-0.25, -0.2) is 4.98 Å². The van der Waals surface area contributed by atoms with Crippen molar-refractivity contribution in [2.45, 2.75) is 32.6 Å². The summed E-state index contributed by atoms with van der Waals surface area (Å²) in [5.41, 5.74) is 0. The molecule has 1 aromatic heterocycles. The maximum Gasteiger partial charge on any atom is 0.213 e. The monoisotopic (exact) mass is 178 g/mol. The molecular formula is C11H16NO. The molecule has 71 valence electrons. The number of aromatic nitrogens is 1. The standard InChI is InChI=1S/C11H16NO/c1-2-3-4-7-10-13-11-8-5-6-9-12-11/h5,8-9H,2-4,7,10H2,1H3. The topological polar surface area (TPSA) is 22.1 Å². The van der Waals surface area contributed by atoms with Gasteiger partial charge in [-0.05, 0) is 12.5 Å². The van der Waals surface area contributed by atoms with Crippen molar-refractivity contribution in [2.75, 3.05) is 6.61 Å². The minimum Gasteiger partial charge on any atom is -0.478 e. The maximum absolute atomic E-state index is 5.42. The van der Waals surface area contributed by atoms with Gasteiger partial charge in [0, 0.05) is 18.3 Å². The van der Waals surface area contributed by atoms with Crippen LogP contribution in [-0.4, -0.2) is 11.6 Å². The lowest BCUT2D eigenvalue weighted by Gasteiger charge is -2.03. The largest absolute Gasteiger partial charge is 0.478 e. The van der Waals surface area contributed by atoms with Crippen LogP contribution in [0, 0.1) is 6.07 Å². The molecule has 0 saturated heterocycles. The van der Waals surface area contributed by atoms with Crippen LogP contribution in [0.2, 0.25) is 0 Å². The molecule has 0 saturated carbocycles. The normalized spacial score (nSPS) is 9.92. The zero-order chi connectivity index (χ0) is 9.36. The summed E-state index contributed by atoms with van der Waals surface area (Å²) in [6.07, 6.45) is 6.54. The summed E-state index contributed by atoms with van der Waals surface area (Å²) in [5.74, 6) is 0.704. The van der Waals surface area contributed by atoms with Gasteiger partial charge in [0.2, 0.25) is 5.88 Å². The predicted octanol–water partition coefficient (Wildman–Crippen LogP) is 2.84. The van der Waals surface area contributed by atoms with Crippen molar-refractivity contribution in [3.05, 3.63) is 24.4 Å². The molecule has 2 nitrogen and oxygen atoms in total. The number of pyridine rings is 1. The van der Waals surface area contributed by atoms with E-state index in [0.717, 1.165) is 13.0 Å². The molecule has 2 heteroatoms. The second-order valence-corrected chi connectivity index (χ2v) is 3.01. The predicted molar refractivity (Wildman–Crippen MR) is 52.7 cm³/mol. The van der Waals surface area contributed by atoms with Gasteiger partial charge in [-0.1, -0.05) is 26.2 Å². The van der Waals surface area contributed by atoms with Gasteiger partial charge >= 0.3 is 0 Å². The van der Waals surface area contributed by atoms with Gasteiger partial charge in [0.15, 0.2) is 0 Å². The van der Waals surface area contributed by atoms with E-state index in [9.17, 15) is 0 Å². The van der Waals surface area contributed by atoms with Crippen LogP contribution in [0.15, 0.2) is 18.3 Å². The van der Waals surface area contributed by atoms with Crippen molar-refractivity contribution >= 4 is 0 Å². The lowest BCUT2D eigenvalue weighted by atomic mass is 10.2. The average Bonchev–Trinajstić information content (AvgIpc) is 2.19. The summed E-state index contributed by atoms with van der Waals surface area (Å²) < 4.78 is 5.42. The lowest BCUT2D eigenvalue weighted by Crippen LogP contribution is -1.98. The van der Waals surface area contributed by atoms with Crippen LogP contribution in [0.1, 0.15) is 32.6 Å². The molecular weight excluding hydrogens is 162 g/mol. The van der Waals surface area contributed by atoms with Crippen molar-refractivity contribution < 1.29 is 4.74 Å². The van der Waals surface area contributed by atoms with Gasteiger partial charge in [0.05, 0.1) is 6.61 Å². The van der Waals surface area contributed by atoms with E-state index in [4.69, 9.17) is 4.74 Å². The Morgan fingerprint density at radius 2 is 2.31 bits per heavy atom. The molecule has 1 aromatic rings. The highest BCUT2D eigenvalue weighted by molar-refractivity contribution is 5.08. The van der Waals surface area contributed by atoms with Gasteiger partial charge in [0.1, 0.15) is 0 Å². The number of ether oxygens (including phenoxy) is 1. The Kier molecular flexibility index (Phi) is 4.99. The van der Waals surface area contributed by atoms with Crippen molar-refractivity contribution in [3.8, 4) is 5.88 Å². The Balaban J connectivity index is 2.07. The van der Waals surface area contributed by atoms with Crippen molar-refractivity contribution in [3.63, 3.8) is 0 Å². The van der Waals surface area contributed by atoms with E-state index in [-0.39, 0.29) is 0 Å². The number of hydrogen-bond donors (Lipinski definition) is 0.